The number of carbonyl (C=O) groups excluding carboxylic acids is 1. The number of para-hydroxylation sites is 1. The number of esters is 1. The van der Waals surface area contributed by atoms with E-state index >= 15 is 0 Å². The van der Waals surface area contributed by atoms with Crippen LogP contribution in [0.15, 0.2) is 71.3 Å². The lowest BCUT2D eigenvalue weighted by Crippen LogP contribution is -2.16. The zero-order chi connectivity index (χ0) is 20.1. The second-order valence-corrected chi connectivity index (χ2v) is 6.85. The molecule has 5 nitrogen and oxygen atoms in total. The molecule has 4 rings (SSSR count). The van der Waals surface area contributed by atoms with Crippen LogP contribution in [0.1, 0.15) is 28.6 Å². The lowest BCUT2D eigenvalue weighted by Gasteiger charge is -2.04. The summed E-state index contributed by atoms with van der Waals surface area (Å²) in [4.78, 5) is 15.1. The molecular formula is C24H25ClN2O3. The molecule has 0 spiro atoms. The average Bonchev–Trinajstić information content (AvgIpc) is 3.39. The van der Waals surface area contributed by atoms with Crippen LogP contribution in [0.5, 0.6) is 0 Å². The van der Waals surface area contributed by atoms with Crippen molar-refractivity contribution < 1.29 is 13.9 Å². The van der Waals surface area contributed by atoms with Crippen molar-refractivity contribution in [2.24, 2.45) is 0 Å². The molecular weight excluding hydrogens is 400 g/mol. The molecule has 0 amide bonds. The first-order chi connectivity index (χ1) is 14.2. The maximum absolute atomic E-state index is 11.7. The highest BCUT2D eigenvalue weighted by molar-refractivity contribution is 5.90. The quantitative estimate of drug-likeness (QED) is 0.295. The molecule has 2 aromatic heterocycles. The summed E-state index contributed by atoms with van der Waals surface area (Å²) in [5.41, 5.74) is 3.96. The van der Waals surface area contributed by atoms with Crippen LogP contribution in [0.2, 0.25) is 0 Å². The number of ether oxygens (including phenoxy) is 1. The van der Waals surface area contributed by atoms with Crippen molar-refractivity contribution in [1.82, 2.24) is 10.3 Å². The maximum Gasteiger partial charge on any atom is 0.338 e. The van der Waals surface area contributed by atoms with E-state index < -0.39 is 0 Å². The van der Waals surface area contributed by atoms with Gasteiger partial charge in [-0.3, -0.25) is 0 Å². The Kier molecular flexibility index (Phi) is 7.33. The van der Waals surface area contributed by atoms with E-state index in [2.05, 4.69) is 34.7 Å². The smallest absolute Gasteiger partial charge is 0.338 e. The molecule has 0 aliphatic rings. The topological polar surface area (TPSA) is 67.3 Å². The van der Waals surface area contributed by atoms with E-state index in [0.29, 0.717) is 18.7 Å². The summed E-state index contributed by atoms with van der Waals surface area (Å²) in [6.45, 7) is 3.70. The van der Waals surface area contributed by atoms with Crippen molar-refractivity contribution >= 4 is 29.3 Å². The van der Waals surface area contributed by atoms with Crippen molar-refractivity contribution in [3.63, 3.8) is 0 Å². The van der Waals surface area contributed by atoms with E-state index in [0.717, 1.165) is 30.0 Å². The van der Waals surface area contributed by atoms with Gasteiger partial charge in [-0.15, -0.1) is 12.4 Å². The Morgan fingerprint density at radius 3 is 2.67 bits per heavy atom. The Labute approximate surface area is 181 Å². The summed E-state index contributed by atoms with van der Waals surface area (Å²) in [5, 5.41) is 4.72. The number of hydrogen-bond acceptors (Lipinski definition) is 4. The van der Waals surface area contributed by atoms with Crippen molar-refractivity contribution in [3.05, 3.63) is 83.7 Å². The highest BCUT2D eigenvalue weighted by atomic mass is 35.5. The number of halogens is 1. The second kappa shape index (κ2) is 10.1. The average molecular weight is 425 g/mol. The van der Waals surface area contributed by atoms with Gasteiger partial charge in [0, 0.05) is 22.7 Å². The zero-order valence-corrected chi connectivity index (χ0v) is 17.6. The van der Waals surface area contributed by atoms with Gasteiger partial charge in [0.05, 0.1) is 18.7 Å². The van der Waals surface area contributed by atoms with Crippen LogP contribution in [0, 0.1) is 0 Å². The zero-order valence-electron chi connectivity index (χ0n) is 16.8. The highest BCUT2D eigenvalue weighted by Crippen LogP contribution is 2.23. The van der Waals surface area contributed by atoms with Gasteiger partial charge in [0.15, 0.2) is 0 Å². The van der Waals surface area contributed by atoms with Gasteiger partial charge in [0.2, 0.25) is 0 Å². The molecule has 0 saturated heterocycles. The van der Waals surface area contributed by atoms with Gasteiger partial charge in [-0.1, -0.05) is 30.3 Å². The summed E-state index contributed by atoms with van der Waals surface area (Å²) in [6.07, 6.45) is 3.03. The monoisotopic (exact) mass is 424 g/mol. The molecule has 4 aromatic rings. The molecule has 0 fully saturated rings. The first-order valence-corrected chi connectivity index (χ1v) is 9.86. The van der Waals surface area contributed by atoms with Crippen LogP contribution in [0.4, 0.5) is 0 Å². The molecule has 6 heteroatoms. The minimum atomic E-state index is -0.307. The second-order valence-electron chi connectivity index (χ2n) is 6.85. The van der Waals surface area contributed by atoms with Crippen molar-refractivity contribution in [1.29, 1.82) is 0 Å². The highest BCUT2D eigenvalue weighted by Gasteiger charge is 2.09. The Morgan fingerprint density at radius 2 is 1.87 bits per heavy atom. The van der Waals surface area contributed by atoms with Crippen LogP contribution in [0.25, 0.3) is 22.2 Å². The molecule has 156 valence electrons. The first kappa shape index (κ1) is 21.7. The molecule has 2 aromatic carbocycles. The van der Waals surface area contributed by atoms with E-state index in [1.54, 1.807) is 19.1 Å². The van der Waals surface area contributed by atoms with Crippen LogP contribution in [0.3, 0.4) is 0 Å². The lowest BCUT2D eigenvalue weighted by atomic mass is 10.1. The number of fused-ring (bicyclic) bond motifs is 1. The number of furan rings is 1. The Morgan fingerprint density at radius 1 is 1.07 bits per heavy atom. The molecule has 0 atom stereocenters. The van der Waals surface area contributed by atoms with E-state index in [1.165, 1.54) is 16.5 Å². The summed E-state index contributed by atoms with van der Waals surface area (Å²) in [7, 11) is 0. The lowest BCUT2D eigenvalue weighted by molar-refractivity contribution is 0.0526. The summed E-state index contributed by atoms with van der Waals surface area (Å²) >= 11 is 0. The summed E-state index contributed by atoms with van der Waals surface area (Å²) < 4.78 is 11.0. The molecule has 2 N–H and O–H groups in total. The molecule has 0 aliphatic heterocycles. The molecule has 2 heterocycles. The predicted molar refractivity (Wildman–Crippen MR) is 121 cm³/mol. The number of aromatic amines is 1. The number of hydrogen-bond donors (Lipinski definition) is 2. The molecule has 0 unspecified atom stereocenters. The Hall–Kier alpha value is -3.02. The van der Waals surface area contributed by atoms with E-state index in [9.17, 15) is 4.79 Å². The fraction of sp³-hybridized carbons (Fsp3) is 0.208. The predicted octanol–water partition coefficient (Wildman–Crippen LogP) is 5.36. The van der Waals surface area contributed by atoms with Gasteiger partial charge in [-0.25, -0.2) is 4.79 Å². The van der Waals surface area contributed by atoms with Crippen LogP contribution in [-0.4, -0.2) is 24.1 Å². The third-order valence-corrected chi connectivity index (χ3v) is 4.89. The summed E-state index contributed by atoms with van der Waals surface area (Å²) in [6, 6.07) is 19.5. The van der Waals surface area contributed by atoms with Gasteiger partial charge < -0.3 is 19.5 Å². The SMILES string of the molecule is CCOC(=O)c1ccc(-c2ccc(CNCCc3c[nH]c4ccccc34)o2)cc1.Cl. The fourth-order valence-electron chi connectivity index (χ4n) is 3.39. The number of nitrogens with one attached hydrogen (secondary N) is 2. The Bertz CT molecular complexity index is 1100. The van der Waals surface area contributed by atoms with Gasteiger partial charge in [0.25, 0.3) is 0 Å². The van der Waals surface area contributed by atoms with E-state index in [-0.39, 0.29) is 18.4 Å². The normalized spacial score (nSPS) is 10.7. The minimum absolute atomic E-state index is 0. The number of rotatable bonds is 8. The van der Waals surface area contributed by atoms with Crippen LogP contribution >= 0.6 is 12.4 Å². The largest absolute Gasteiger partial charge is 0.462 e. The minimum Gasteiger partial charge on any atom is -0.462 e. The fourth-order valence-corrected chi connectivity index (χ4v) is 3.39. The van der Waals surface area contributed by atoms with Gasteiger partial charge in [0.1, 0.15) is 11.5 Å². The Balaban J connectivity index is 0.00000256. The van der Waals surface area contributed by atoms with Crippen molar-refractivity contribution in [3.8, 4) is 11.3 Å². The third kappa shape index (κ3) is 4.93. The molecule has 0 aliphatic carbocycles. The van der Waals surface area contributed by atoms with Gasteiger partial charge in [-0.05, 0) is 55.8 Å². The number of aromatic nitrogens is 1. The molecule has 0 saturated carbocycles. The first-order valence-electron chi connectivity index (χ1n) is 9.86. The van der Waals surface area contributed by atoms with Gasteiger partial charge >= 0.3 is 5.97 Å². The third-order valence-electron chi connectivity index (χ3n) is 4.89. The van der Waals surface area contributed by atoms with Crippen LogP contribution in [-0.2, 0) is 17.7 Å². The number of H-pyrrole nitrogens is 1. The van der Waals surface area contributed by atoms with E-state index in [1.807, 2.05) is 30.3 Å². The molecule has 30 heavy (non-hydrogen) atoms. The van der Waals surface area contributed by atoms with Crippen molar-refractivity contribution in [2.75, 3.05) is 13.2 Å². The maximum atomic E-state index is 11.7. The van der Waals surface area contributed by atoms with E-state index in [4.69, 9.17) is 9.15 Å². The molecule has 0 radical (unpaired) electrons. The van der Waals surface area contributed by atoms with Crippen LogP contribution < -0.4 is 5.32 Å². The van der Waals surface area contributed by atoms with Crippen molar-refractivity contribution in [2.45, 2.75) is 19.9 Å². The number of carbonyl (C=O) groups is 1. The van der Waals surface area contributed by atoms with Gasteiger partial charge in [-0.2, -0.15) is 0 Å². The summed E-state index contributed by atoms with van der Waals surface area (Å²) in [5.74, 6) is 1.36. The number of benzene rings is 2. The standard InChI is InChI=1S/C24H24N2O3.ClH/c1-2-28-24(27)18-9-7-17(8-10-18)23-12-11-20(29-23)16-25-14-13-19-15-26-22-6-4-3-5-21(19)22;/h3-12,15,25-26H,2,13-14,16H2,1H3;1H. The molecule has 0 bridgehead atoms.